The molecule has 0 N–H and O–H groups in total. The van der Waals surface area contributed by atoms with Gasteiger partial charge in [0.05, 0.1) is 0 Å². The maximum Gasteiger partial charge on any atom is 0.143 e. The van der Waals surface area contributed by atoms with Gasteiger partial charge in [0.1, 0.15) is 33.5 Å². The second-order valence-electron chi connectivity index (χ2n) is 13.9. The summed E-state index contributed by atoms with van der Waals surface area (Å²) in [5.74, 6) is 0. The second-order valence-corrected chi connectivity index (χ2v) is 13.9. The second kappa shape index (κ2) is 10.7. The van der Waals surface area contributed by atoms with Crippen LogP contribution in [0.15, 0.2) is 183 Å². The highest BCUT2D eigenvalue weighted by atomic mass is 16.3. The van der Waals surface area contributed by atoms with Crippen LogP contribution in [-0.2, 0) is 0 Å². The van der Waals surface area contributed by atoms with Crippen LogP contribution in [0.2, 0.25) is 0 Å². The summed E-state index contributed by atoms with van der Waals surface area (Å²) in [6, 6.07) is 60.1. The zero-order valence-electron chi connectivity index (χ0n) is 28.4. The largest absolute Gasteiger partial charge is 0.456 e. The maximum atomic E-state index is 6.73. The Balaban J connectivity index is 1.26. The third kappa shape index (κ3) is 3.99. The predicted molar refractivity (Wildman–Crippen MR) is 220 cm³/mol. The molecule has 9 aromatic carbocycles. The van der Waals surface area contributed by atoms with Crippen molar-refractivity contribution in [1.82, 2.24) is 0 Å². The summed E-state index contributed by atoms with van der Waals surface area (Å²) in [6.07, 6.45) is 0. The van der Waals surface area contributed by atoms with Gasteiger partial charge in [-0.15, -0.1) is 0 Å². The Hall–Kier alpha value is -7.10. The van der Waals surface area contributed by atoms with Crippen LogP contribution < -0.4 is 0 Å². The zero-order valence-corrected chi connectivity index (χ0v) is 28.4. The standard InChI is InChI=1S/C50H28O3/c1-4-23-42-31(12-1)36-21-9-22-39(50(36)53-42)47-34-17-7-15-29(32-19-10-26-45-48(32)37-13-2-5-24-43(37)51-45)40(34)28-41-30(16-8-18-35(41)47)33-20-11-27-46-49(33)38-14-3-6-25-44(38)52-46/h1-28H. The van der Waals surface area contributed by atoms with Crippen molar-refractivity contribution >= 4 is 87.4 Å². The molecule has 3 heterocycles. The fraction of sp³-hybridized carbons (Fsp3) is 0. The third-order valence-corrected chi connectivity index (χ3v) is 11.1. The minimum absolute atomic E-state index is 0.882. The monoisotopic (exact) mass is 676 g/mol. The summed E-state index contributed by atoms with van der Waals surface area (Å²) in [5.41, 5.74) is 12.1. The average Bonchev–Trinajstić information content (AvgIpc) is 3.91. The topological polar surface area (TPSA) is 39.4 Å². The van der Waals surface area contributed by atoms with Crippen molar-refractivity contribution < 1.29 is 13.3 Å². The van der Waals surface area contributed by atoms with E-state index in [1.165, 1.54) is 0 Å². The molecule has 0 atom stereocenters. The number of furan rings is 3. The van der Waals surface area contributed by atoms with Crippen LogP contribution in [0.25, 0.3) is 121 Å². The minimum Gasteiger partial charge on any atom is -0.456 e. The van der Waals surface area contributed by atoms with Crippen LogP contribution in [0.5, 0.6) is 0 Å². The summed E-state index contributed by atoms with van der Waals surface area (Å²) in [5, 5.41) is 11.4. The van der Waals surface area contributed by atoms with Crippen molar-refractivity contribution in [3.63, 3.8) is 0 Å². The molecule has 12 rings (SSSR count). The van der Waals surface area contributed by atoms with E-state index >= 15 is 0 Å². The molecule has 0 bridgehead atoms. The number of fused-ring (bicyclic) bond motifs is 11. The molecule has 0 saturated heterocycles. The van der Waals surface area contributed by atoms with Gasteiger partial charge in [-0.1, -0.05) is 133 Å². The molecule has 3 heteroatoms. The minimum atomic E-state index is 0.882. The number of para-hydroxylation sites is 4. The van der Waals surface area contributed by atoms with Crippen LogP contribution in [-0.4, -0.2) is 0 Å². The smallest absolute Gasteiger partial charge is 0.143 e. The van der Waals surface area contributed by atoms with Gasteiger partial charge in [-0.25, -0.2) is 0 Å². The first-order valence-corrected chi connectivity index (χ1v) is 18.0. The quantitative estimate of drug-likeness (QED) is 0.175. The fourth-order valence-corrected chi connectivity index (χ4v) is 8.87. The van der Waals surface area contributed by atoms with Crippen LogP contribution in [0.4, 0.5) is 0 Å². The van der Waals surface area contributed by atoms with E-state index in [1.807, 2.05) is 30.3 Å². The van der Waals surface area contributed by atoms with Crippen LogP contribution >= 0.6 is 0 Å². The molecule has 0 aliphatic carbocycles. The van der Waals surface area contributed by atoms with Crippen molar-refractivity contribution in [1.29, 1.82) is 0 Å². The molecular formula is C50H28O3. The lowest BCUT2D eigenvalue weighted by Gasteiger charge is -2.18. The van der Waals surface area contributed by atoms with Gasteiger partial charge in [0.2, 0.25) is 0 Å². The molecule has 0 radical (unpaired) electrons. The molecule has 53 heavy (non-hydrogen) atoms. The molecule has 3 nitrogen and oxygen atoms in total. The highest BCUT2D eigenvalue weighted by molar-refractivity contribution is 6.25. The lowest BCUT2D eigenvalue weighted by molar-refractivity contribution is 0.668. The van der Waals surface area contributed by atoms with Crippen molar-refractivity contribution in [3.8, 4) is 33.4 Å². The van der Waals surface area contributed by atoms with Crippen molar-refractivity contribution in [2.75, 3.05) is 0 Å². The lowest BCUT2D eigenvalue weighted by atomic mass is 9.85. The van der Waals surface area contributed by atoms with E-state index in [0.717, 1.165) is 121 Å². The number of hydrogen-bond donors (Lipinski definition) is 0. The molecule has 0 amide bonds. The first-order chi connectivity index (χ1) is 26.3. The van der Waals surface area contributed by atoms with Gasteiger partial charge in [-0.05, 0) is 80.2 Å². The van der Waals surface area contributed by atoms with Crippen LogP contribution in [0, 0.1) is 0 Å². The number of hydrogen-bond acceptors (Lipinski definition) is 3. The van der Waals surface area contributed by atoms with E-state index in [4.69, 9.17) is 13.3 Å². The predicted octanol–water partition coefficient (Wildman–Crippen LogP) is 14.7. The maximum absolute atomic E-state index is 6.73. The molecule has 12 aromatic rings. The van der Waals surface area contributed by atoms with Gasteiger partial charge in [0.25, 0.3) is 0 Å². The molecule has 0 fully saturated rings. The number of benzene rings is 9. The van der Waals surface area contributed by atoms with E-state index in [2.05, 4.69) is 140 Å². The third-order valence-electron chi connectivity index (χ3n) is 11.1. The van der Waals surface area contributed by atoms with Gasteiger partial charge in [-0.2, -0.15) is 0 Å². The van der Waals surface area contributed by atoms with Crippen molar-refractivity contribution in [3.05, 3.63) is 170 Å². The molecular weight excluding hydrogens is 649 g/mol. The molecule has 0 aliphatic heterocycles. The van der Waals surface area contributed by atoms with E-state index < -0.39 is 0 Å². The summed E-state index contributed by atoms with van der Waals surface area (Å²) in [6.45, 7) is 0. The highest BCUT2D eigenvalue weighted by Crippen LogP contribution is 2.48. The Morgan fingerprint density at radius 3 is 1.21 bits per heavy atom. The van der Waals surface area contributed by atoms with Crippen LogP contribution in [0.3, 0.4) is 0 Å². The summed E-state index contributed by atoms with van der Waals surface area (Å²) < 4.78 is 19.5. The van der Waals surface area contributed by atoms with Gasteiger partial charge >= 0.3 is 0 Å². The fourth-order valence-electron chi connectivity index (χ4n) is 8.87. The van der Waals surface area contributed by atoms with Crippen LogP contribution in [0.1, 0.15) is 0 Å². The zero-order chi connectivity index (χ0) is 34.6. The Morgan fingerprint density at radius 2 is 0.642 bits per heavy atom. The summed E-state index contributed by atoms with van der Waals surface area (Å²) >= 11 is 0. The SMILES string of the molecule is c1ccc2c(c1)oc1c(-c3c4cccc(-c5cccc6oc7ccccc7c56)c4cc4c(-c5cccc6oc7ccccc7c56)cccc34)cccc12. The Bertz CT molecular complexity index is 3290. The van der Waals surface area contributed by atoms with E-state index in [-0.39, 0.29) is 0 Å². The van der Waals surface area contributed by atoms with E-state index in [9.17, 15) is 0 Å². The Morgan fingerprint density at radius 1 is 0.245 bits per heavy atom. The van der Waals surface area contributed by atoms with Gasteiger partial charge in [-0.3, -0.25) is 0 Å². The van der Waals surface area contributed by atoms with Crippen molar-refractivity contribution in [2.45, 2.75) is 0 Å². The normalized spacial score (nSPS) is 12.2. The van der Waals surface area contributed by atoms with Gasteiger partial charge in [0.15, 0.2) is 0 Å². The molecule has 0 saturated carbocycles. The highest BCUT2D eigenvalue weighted by Gasteiger charge is 2.22. The molecule has 3 aromatic heterocycles. The molecule has 246 valence electrons. The van der Waals surface area contributed by atoms with Crippen molar-refractivity contribution in [2.24, 2.45) is 0 Å². The van der Waals surface area contributed by atoms with E-state index in [1.54, 1.807) is 0 Å². The Labute approximate surface area is 302 Å². The molecule has 0 spiro atoms. The molecule has 0 aliphatic rings. The van der Waals surface area contributed by atoms with Gasteiger partial charge < -0.3 is 13.3 Å². The Kier molecular flexibility index (Phi) is 5.77. The number of rotatable bonds is 3. The molecule has 0 unspecified atom stereocenters. The summed E-state index contributed by atoms with van der Waals surface area (Å²) in [7, 11) is 0. The first kappa shape index (κ1) is 28.6. The lowest BCUT2D eigenvalue weighted by Crippen LogP contribution is -1.91. The van der Waals surface area contributed by atoms with E-state index in [0.29, 0.717) is 0 Å². The van der Waals surface area contributed by atoms with Gasteiger partial charge in [0, 0.05) is 43.4 Å². The first-order valence-electron chi connectivity index (χ1n) is 18.0. The average molecular weight is 677 g/mol. The summed E-state index contributed by atoms with van der Waals surface area (Å²) in [4.78, 5) is 0.